The van der Waals surface area contributed by atoms with Gasteiger partial charge in [0.1, 0.15) is 0 Å². The molecule has 0 unspecified atom stereocenters. The second-order valence-electron chi connectivity index (χ2n) is 7.00. The maximum atomic E-state index is 13.2. The SMILES string of the molecule is CCN(CC)CCN(C(=O)/C=C/c1ccc([N+](=O)[O-])cc1)c1nc2c(SC)cccc2s1. The monoisotopic (exact) mass is 470 g/mol. The highest BCUT2D eigenvalue weighted by molar-refractivity contribution is 7.98. The summed E-state index contributed by atoms with van der Waals surface area (Å²) < 4.78 is 1.05. The molecule has 0 aliphatic heterocycles. The summed E-state index contributed by atoms with van der Waals surface area (Å²) in [6.45, 7) is 7.30. The third kappa shape index (κ3) is 5.73. The summed E-state index contributed by atoms with van der Waals surface area (Å²) in [6, 6.07) is 12.2. The molecule has 0 N–H and O–H groups in total. The van der Waals surface area contributed by atoms with E-state index in [4.69, 9.17) is 4.98 Å². The van der Waals surface area contributed by atoms with E-state index in [1.54, 1.807) is 34.9 Å². The topological polar surface area (TPSA) is 79.6 Å². The summed E-state index contributed by atoms with van der Waals surface area (Å²) in [7, 11) is 0. The first-order valence-corrected chi connectivity index (χ1v) is 12.4. The second-order valence-corrected chi connectivity index (χ2v) is 8.86. The zero-order valence-electron chi connectivity index (χ0n) is 18.4. The first-order valence-electron chi connectivity index (χ1n) is 10.4. The van der Waals surface area contributed by atoms with Gasteiger partial charge in [-0.3, -0.25) is 19.8 Å². The van der Waals surface area contributed by atoms with Gasteiger partial charge in [-0.25, -0.2) is 4.98 Å². The number of non-ortho nitro benzene ring substituents is 1. The molecule has 32 heavy (non-hydrogen) atoms. The fourth-order valence-corrected chi connectivity index (χ4v) is 4.89. The smallest absolute Gasteiger partial charge is 0.269 e. The lowest BCUT2D eigenvalue weighted by Gasteiger charge is -2.23. The molecule has 0 saturated carbocycles. The standard InChI is InChI=1S/C23H26N4O3S2/c1-4-25(5-2)15-16-26(23-24-22-19(31-3)7-6-8-20(22)32-23)21(28)14-11-17-9-12-18(13-10-17)27(29)30/h6-14H,4-5,15-16H2,1-3H3/b14-11+. The summed E-state index contributed by atoms with van der Waals surface area (Å²) in [5.74, 6) is -0.166. The number of nitro benzene ring substituents is 1. The molecule has 9 heteroatoms. The minimum Gasteiger partial charge on any atom is -0.302 e. The quantitative estimate of drug-likeness (QED) is 0.173. The van der Waals surface area contributed by atoms with Crippen molar-refractivity contribution in [3.8, 4) is 0 Å². The van der Waals surface area contributed by atoms with Crippen LogP contribution in [0.25, 0.3) is 16.3 Å². The number of carbonyl (C=O) groups excluding carboxylic acids is 1. The predicted molar refractivity (Wildman–Crippen MR) is 134 cm³/mol. The Hall–Kier alpha value is -2.75. The van der Waals surface area contributed by atoms with Crippen molar-refractivity contribution in [2.24, 2.45) is 0 Å². The van der Waals surface area contributed by atoms with Crippen LogP contribution in [0.4, 0.5) is 10.8 Å². The highest BCUT2D eigenvalue weighted by atomic mass is 32.2. The highest BCUT2D eigenvalue weighted by Crippen LogP contribution is 2.34. The van der Waals surface area contributed by atoms with Crippen molar-refractivity contribution in [2.45, 2.75) is 18.7 Å². The number of fused-ring (bicyclic) bond motifs is 1. The molecule has 3 aromatic rings. The van der Waals surface area contributed by atoms with Gasteiger partial charge in [0.25, 0.3) is 11.6 Å². The predicted octanol–water partition coefficient (Wildman–Crippen LogP) is 5.31. The number of aromatic nitrogens is 1. The van der Waals surface area contributed by atoms with Crippen LogP contribution >= 0.6 is 23.1 Å². The van der Waals surface area contributed by atoms with Crippen LogP contribution < -0.4 is 4.90 Å². The van der Waals surface area contributed by atoms with E-state index in [-0.39, 0.29) is 11.6 Å². The fourth-order valence-electron chi connectivity index (χ4n) is 3.24. The highest BCUT2D eigenvalue weighted by Gasteiger charge is 2.19. The Kier molecular flexibility index (Phi) is 8.38. The van der Waals surface area contributed by atoms with Crippen molar-refractivity contribution in [3.05, 3.63) is 64.2 Å². The number of thiazole rings is 1. The van der Waals surface area contributed by atoms with Gasteiger partial charge >= 0.3 is 0 Å². The lowest BCUT2D eigenvalue weighted by Crippen LogP contribution is -2.38. The average molecular weight is 471 g/mol. The molecular weight excluding hydrogens is 444 g/mol. The number of benzene rings is 2. The molecule has 0 radical (unpaired) electrons. The normalized spacial score (nSPS) is 11.5. The molecule has 3 rings (SSSR count). The summed E-state index contributed by atoms with van der Waals surface area (Å²) >= 11 is 3.15. The van der Waals surface area contributed by atoms with Crippen molar-refractivity contribution in [1.82, 2.24) is 9.88 Å². The number of nitrogens with zero attached hydrogens (tertiary/aromatic N) is 4. The third-order valence-corrected chi connectivity index (χ3v) is 6.96. The van der Waals surface area contributed by atoms with Gasteiger partial charge in [-0.05, 0) is 55.3 Å². The van der Waals surface area contributed by atoms with E-state index in [1.165, 1.54) is 29.5 Å². The molecule has 0 fully saturated rings. The Morgan fingerprint density at radius 1 is 1.16 bits per heavy atom. The molecular formula is C23H26N4O3S2. The number of hydrogen-bond donors (Lipinski definition) is 0. The van der Waals surface area contributed by atoms with Gasteiger partial charge in [0.05, 0.1) is 15.1 Å². The van der Waals surface area contributed by atoms with Crippen LogP contribution in [0.2, 0.25) is 0 Å². The molecule has 0 aliphatic carbocycles. The van der Waals surface area contributed by atoms with Crippen LogP contribution in [-0.4, -0.2) is 53.1 Å². The van der Waals surface area contributed by atoms with Crippen LogP contribution in [0, 0.1) is 10.1 Å². The number of anilines is 1. The van der Waals surface area contributed by atoms with Crippen LogP contribution in [-0.2, 0) is 4.79 Å². The summed E-state index contributed by atoms with van der Waals surface area (Å²) in [6.07, 6.45) is 5.20. The lowest BCUT2D eigenvalue weighted by molar-refractivity contribution is -0.384. The minimum absolute atomic E-state index is 0.0217. The van der Waals surface area contributed by atoms with Crippen molar-refractivity contribution < 1.29 is 9.72 Å². The van der Waals surface area contributed by atoms with E-state index in [2.05, 4.69) is 18.7 Å². The molecule has 1 aromatic heterocycles. The van der Waals surface area contributed by atoms with Crippen LogP contribution in [0.1, 0.15) is 19.4 Å². The molecule has 7 nitrogen and oxygen atoms in total. The first-order chi connectivity index (χ1) is 15.5. The number of rotatable bonds is 10. The molecule has 0 atom stereocenters. The number of hydrogen-bond acceptors (Lipinski definition) is 7. The van der Waals surface area contributed by atoms with Gasteiger partial charge in [-0.2, -0.15) is 0 Å². The van der Waals surface area contributed by atoms with E-state index >= 15 is 0 Å². The average Bonchev–Trinajstić information content (AvgIpc) is 3.24. The van der Waals surface area contributed by atoms with Crippen molar-refractivity contribution in [1.29, 1.82) is 0 Å². The van der Waals surface area contributed by atoms with E-state index in [1.807, 2.05) is 24.5 Å². The second kappa shape index (κ2) is 11.2. The number of nitro groups is 1. The van der Waals surface area contributed by atoms with Gasteiger partial charge in [-0.1, -0.05) is 31.3 Å². The number of amides is 1. The Bertz CT molecular complexity index is 1110. The van der Waals surface area contributed by atoms with E-state index < -0.39 is 4.92 Å². The van der Waals surface area contributed by atoms with Crippen molar-refractivity contribution >= 4 is 56.1 Å². The molecule has 0 saturated heterocycles. The van der Waals surface area contributed by atoms with Gasteiger partial charge in [0.15, 0.2) is 5.13 Å². The maximum absolute atomic E-state index is 13.2. The van der Waals surface area contributed by atoms with E-state index in [9.17, 15) is 14.9 Å². The van der Waals surface area contributed by atoms with Crippen molar-refractivity contribution in [2.75, 3.05) is 37.3 Å². The molecule has 0 spiro atoms. The largest absolute Gasteiger partial charge is 0.302 e. The van der Waals surface area contributed by atoms with Crippen LogP contribution in [0.3, 0.4) is 0 Å². The first kappa shape index (κ1) is 23.9. The number of para-hydroxylation sites is 1. The third-order valence-electron chi connectivity index (χ3n) is 5.14. The number of thioether (sulfide) groups is 1. The lowest BCUT2D eigenvalue weighted by atomic mass is 10.2. The fraction of sp³-hybridized carbons (Fsp3) is 0.304. The van der Waals surface area contributed by atoms with Crippen LogP contribution in [0.15, 0.2) is 53.4 Å². The molecule has 2 aromatic carbocycles. The number of likely N-dealkylation sites (N-methyl/N-ethyl adjacent to an activating group) is 1. The summed E-state index contributed by atoms with van der Waals surface area (Å²) in [5, 5.41) is 11.5. The molecule has 1 heterocycles. The van der Waals surface area contributed by atoms with Crippen molar-refractivity contribution in [3.63, 3.8) is 0 Å². The van der Waals surface area contributed by atoms with Gasteiger partial charge < -0.3 is 4.90 Å². The number of carbonyl (C=O) groups is 1. The molecule has 0 bridgehead atoms. The summed E-state index contributed by atoms with van der Waals surface area (Å²) in [5.41, 5.74) is 1.66. The zero-order chi connectivity index (χ0) is 23.1. The Labute approximate surface area is 195 Å². The van der Waals surface area contributed by atoms with Gasteiger partial charge in [0, 0.05) is 36.2 Å². The maximum Gasteiger partial charge on any atom is 0.269 e. The molecule has 0 aliphatic rings. The van der Waals surface area contributed by atoms with Crippen LogP contribution in [0.5, 0.6) is 0 Å². The Balaban J connectivity index is 1.88. The van der Waals surface area contributed by atoms with Gasteiger partial charge in [-0.15, -0.1) is 11.8 Å². The summed E-state index contributed by atoms with van der Waals surface area (Å²) in [4.78, 5) is 33.4. The Morgan fingerprint density at radius 2 is 1.88 bits per heavy atom. The molecule has 168 valence electrons. The minimum atomic E-state index is -0.441. The zero-order valence-corrected chi connectivity index (χ0v) is 20.0. The van der Waals surface area contributed by atoms with E-state index in [0.29, 0.717) is 11.7 Å². The van der Waals surface area contributed by atoms with Gasteiger partial charge in [0.2, 0.25) is 0 Å². The van der Waals surface area contributed by atoms with E-state index in [0.717, 1.165) is 40.3 Å². The molecule has 1 amide bonds. The Morgan fingerprint density at radius 3 is 2.50 bits per heavy atom.